The number of rotatable bonds is 6. The molecule has 6 heteroatoms. The van der Waals surface area contributed by atoms with Gasteiger partial charge in [-0.1, -0.05) is 43.0 Å². The number of benzene rings is 1. The molecular weight excluding hydrogens is 376 g/mol. The molecule has 1 aliphatic carbocycles. The summed E-state index contributed by atoms with van der Waals surface area (Å²) in [6.45, 7) is 3.38. The van der Waals surface area contributed by atoms with Gasteiger partial charge in [0, 0.05) is 38.0 Å². The molecule has 1 aliphatic heterocycles. The number of nitrogens with one attached hydrogen (secondary N) is 1. The van der Waals surface area contributed by atoms with Gasteiger partial charge >= 0.3 is 0 Å². The van der Waals surface area contributed by atoms with E-state index < -0.39 is 0 Å². The van der Waals surface area contributed by atoms with Crippen LogP contribution in [0.25, 0.3) is 11.4 Å². The van der Waals surface area contributed by atoms with Gasteiger partial charge in [0.2, 0.25) is 0 Å². The van der Waals surface area contributed by atoms with E-state index in [2.05, 4.69) is 41.3 Å². The third-order valence-corrected chi connectivity index (χ3v) is 6.26. The minimum absolute atomic E-state index is 0.112. The lowest BCUT2D eigenvalue weighted by molar-refractivity contribution is 0.0857. The summed E-state index contributed by atoms with van der Waals surface area (Å²) in [5.41, 5.74) is 2.67. The zero-order chi connectivity index (χ0) is 20.9. The maximum absolute atomic E-state index is 13.0. The van der Waals surface area contributed by atoms with Crippen LogP contribution in [0.1, 0.15) is 60.9 Å². The van der Waals surface area contributed by atoms with Crippen LogP contribution in [0.4, 0.5) is 5.82 Å². The molecule has 2 heterocycles. The quantitative estimate of drug-likeness (QED) is 0.778. The number of aryl methyl sites for hydroxylation is 1. The maximum Gasteiger partial charge on any atom is 0.256 e. The zero-order valence-corrected chi connectivity index (χ0v) is 18.1. The molecule has 4 rings (SSSR count). The molecule has 160 valence electrons. The van der Waals surface area contributed by atoms with Crippen LogP contribution in [0.15, 0.2) is 30.5 Å². The van der Waals surface area contributed by atoms with Crippen molar-refractivity contribution in [1.82, 2.24) is 15.3 Å². The van der Waals surface area contributed by atoms with Crippen LogP contribution in [0.5, 0.6) is 0 Å². The number of carbonyl (C=O) groups excluding carboxylic acids is 1. The van der Waals surface area contributed by atoms with Crippen LogP contribution >= 0.6 is 0 Å². The van der Waals surface area contributed by atoms with Gasteiger partial charge in [-0.3, -0.25) is 4.79 Å². The lowest BCUT2D eigenvalue weighted by atomic mass is 9.94. The summed E-state index contributed by atoms with van der Waals surface area (Å²) in [6.07, 6.45) is 9.87. The van der Waals surface area contributed by atoms with Gasteiger partial charge in [0.25, 0.3) is 5.91 Å². The number of anilines is 1. The highest BCUT2D eigenvalue weighted by Crippen LogP contribution is 2.29. The molecule has 2 aliphatic rings. The van der Waals surface area contributed by atoms with Gasteiger partial charge in [0.05, 0.1) is 6.10 Å². The number of hydrogen-bond acceptors (Lipinski definition) is 5. The molecule has 1 aromatic carbocycles. The fourth-order valence-corrected chi connectivity index (χ4v) is 4.47. The molecule has 0 unspecified atom stereocenters. The third kappa shape index (κ3) is 4.81. The molecule has 1 amide bonds. The van der Waals surface area contributed by atoms with Crippen LogP contribution in [-0.4, -0.2) is 48.2 Å². The highest BCUT2D eigenvalue weighted by molar-refractivity contribution is 5.99. The average molecular weight is 409 g/mol. The molecule has 2 aromatic rings. The standard InChI is InChI=1S/C24H32N4O2/c1-17-8-6-9-18(14-17)22-25-16-21(24(29)26-15-20-12-7-13-30-20)23(27-22)28(2)19-10-4-3-5-11-19/h6,8-9,14,16,19-20H,3-5,7,10-13,15H2,1-2H3,(H,26,29)/t20-/m1/s1. The van der Waals surface area contributed by atoms with Gasteiger partial charge in [-0.25, -0.2) is 9.97 Å². The van der Waals surface area contributed by atoms with Crippen molar-refractivity contribution < 1.29 is 9.53 Å². The fourth-order valence-electron chi connectivity index (χ4n) is 4.47. The second-order valence-corrected chi connectivity index (χ2v) is 8.55. The molecule has 1 N–H and O–H groups in total. The first-order valence-electron chi connectivity index (χ1n) is 11.2. The number of carbonyl (C=O) groups is 1. The van der Waals surface area contributed by atoms with E-state index in [1.165, 1.54) is 19.3 Å². The van der Waals surface area contributed by atoms with Crippen LogP contribution in [0, 0.1) is 6.92 Å². The highest BCUT2D eigenvalue weighted by Gasteiger charge is 2.25. The first-order chi connectivity index (χ1) is 14.6. The van der Waals surface area contributed by atoms with Crippen molar-refractivity contribution in [3.05, 3.63) is 41.6 Å². The molecule has 1 aromatic heterocycles. The highest BCUT2D eigenvalue weighted by atomic mass is 16.5. The molecule has 6 nitrogen and oxygen atoms in total. The Kier molecular flexibility index (Phi) is 6.62. The Bertz CT molecular complexity index is 873. The van der Waals surface area contributed by atoms with Gasteiger partial charge in [-0.2, -0.15) is 0 Å². The third-order valence-electron chi connectivity index (χ3n) is 6.26. The topological polar surface area (TPSA) is 67.3 Å². The second-order valence-electron chi connectivity index (χ2n) is 8.55. The summed E-state index contributed by atoms with van der Waals surface area (Å²) in [6, 6.07) is 8.58. The molecule has 1 saturated heterocycles. The van der Waals surface area contributed by atoms with Crippen molar-refractivity contribution in [3.8, 4) is 11.4 Å². The average Bonchev–Trinajstić information content (AvgIpc) is 3.31. The number of hydrogen-bond donors (Lipinski definition) is 1. The Morgan fingerprint density at radius 1 is 1.20 bits per heavy atom. The van der Waals surface area contributed by atoms with E-state index in [1.54, 1.807) is 6.20 Å². The monoisotopic (exact) mass is 408 g/mol. The normalized spacial score (nSPS) is 19.6. The Hall–Kier alpha value is -2.47. The van der Waals surface area contributed by atoms with E-state index in [0.717, 1.165) is 49.2 Å². The van der Waals surface area contributed by atoms with Gasteiger partial charge in [-0.15, -0.1) is 0 Å². The molecule has 30 heavy (non-hydrogen) atoms. The Morgan fingerprint density at radius 2 is 2.03 bits per heavy atom. The van der Waals surface area contributed by atoms with E-state index >= 15 is 0 Å². The lowest BCUT2D eigenvalue weighted by Gasteiger charge is -2.33. The molecule has 1 saturated carbocycles. The number of amides is 1. The van der Waals surface area contributed by atoms with Crippen molar-refractivity contribution in [2.75, 3.05) is 25.1 Å². The predicted octanol–water partition coefficient (Wildman–Crippen LogP) is 4.13. The minimum Gasteiger partial charge on any atom is -0.376 e. The smallest absolute Gasteiger partial charge is 0.256 e. The molecule has 0 bridgehead atoms. The first kappa shape index (κ1) is 20.8. The van der Waals surface area contributed by atoms with Crippen molar-refractivity contribution in [3.63, 3.8) is 0 Å². The fraction of sp³-hybridized carbons (Fsp3) is 0.542. The molecule has 0 spiro atoms. The van der Waals surface area contributed by atoms with Crippen LogP contribution in [0.2, 0.25) is 0 Å². The summed E-state index contributed by atoms with van der Waals surface area (Å²) in [7, 11) is 2.06. The maximum atomic E-state index is 13.0. The second kappa shape index (κ2) is 9.56. The summed E-state index contributed by atoms with van der Waals surface area (Å²) < 4.78 is 5.64. The van der Waals surface area contributed by atoms with E-state index in [4.69, 9.17) is 9.72 Å². The molecular formula is C24H32N4O2. The van der Waals surface area contributed by atoms with E-state index in [9.17, 15) is 4.79 Å². The van der Waals surface area contributed by atoms with Crippen molar-refractivity contribution in [1.29, 1.82) is 0 Å². The van der Waals surface area contributed by atoms with Gasteiger partial charge in [0.15, 0.2) is 5.82 Å². The van der Waals surface area contributed by atoms with Gasteiger partial charge < -0.3 is 15.0 Å². The molecule has 1 atom stereocenters. The first-order valence-corrected chi connectivity index (χ1v) is 11.2. The Morgan fingerprint density at radius 3 is 2.77 bits per heavy atom. The van der Waals surface area contributed by atoms with Crippen molar-refractivity contribution in [2.24, 2.45) is 0 Å². The molecule has 0 radical (unpaired) electrons. The van der Waals surface area contributed by atoms with Gasteiger partial charge in [0.1, 0.15) is 11.4 Å². The van der Waals surface area contributed by atoms with Crippen LogP contribution in [0.3, 0.4) is 0 Å². The lowest BCUT2D eigenvalue weighted by Crippen LogP contribution is -2.37. The number of ether oxygens (including phenoxy) is 1. The van der Waals surface area contributed by atoms with Crippen LogP contribution < -0.4 is 10.2 Å². The Balaban J connectivity index is 1.62. The number of nitrogens with zero attached hydrogens (tertiary/aromatic N) is 3. The van der Waals surface area contributed by atoms with E-state index in [-0.39, 0.29) is 12.0 Å². The van der Waals surface area contributed by atoms with E-state index in [1.807, 2.05) is 12.1 Å². The largest absolute Gasteiger partial charge is 0.376 e. The Labute approximate surface area is 179 Å². The van der Waals surface area contributed by atoms with E-state index in [0.29, 0.717) is 24.0 Å². The summed E-state index contributed by atoms with van der Waals surface area (Å²) in [5, 5.41) is 3.04. The minimum atomic E-state index is -0.126. The summed E-state index contributed by atoms with van der Waals surface area (Å²) in [4.78, 5) is 24.7. The zero-order valence-electron chi connectivity index (χ0n) is 18.1. The van der Waals surface area contributed by atoms with Crippen molar-refractivity contribution >= 4 is 11.7 Å². The van der Waals surface area contributed by atoms with Crippen molar-refractivity contribution in [2.45, 2.75) is 64.0 Å². The summed E-state index contributed by atoms with van der Waals surface area (Å²) >= 11 is 0. The predicted molar refractivity (Wildman–Crippen MR) is 119 cm³/mol. The summed E-state index contributed by atoms with van der Waals surface area (Å²) in [5.74, 6) is 1.25. The SMILES string of the molecule is Cc1cccc(-c2ncc(C(=O)NC[C@H]3CCCO3)c(N(C)C3CCCCC3)n2)c1. The van der Waals surface area contributed by atoms with Crippen LogP contribution in [-0.2, 0) is 4.74 Å². The molecule has 2 fully saturated rings. The van der Waals surface area contributed by atoms with Gasteiger partial charge in [-0.05, 0) is 38.7 Å². The number of aromatic nitrogens is 2.